The zero-order valence-corrected chi connectivity index (χ0v) is 18.3. The zero-order valence-electron chi connectivity index (χ0n) is 18.3. The Morgan fingerprint density at radius 3 is 2.56 bits per heavy atom. The van der Waals surface area contributed by atoms with Gasteiger partial charge in [-0.2, -0.15) is 13.2 Å². The van der Waals surface area contributed by atoms with Crippen molar-refractivity contribution in [3.63, 3.8) is 0 Å². The predicted molar refractivity (Wildman–Crippen MR) is 113 cm³/mol. The molecule has 0 aliphatic rings. The highest BCUT2D eigenvalue weighted by molar-refractivity contribution is 6.06. The number of carbonyl (C=O) groups excluding carboxylic acids is 1. The molecule has 0 spiro atoms. The van der Waals surface area contributed by atoms with Gasteiger partial charge in [-0.1, -0.05) is 12.1 Å². The molecular formula is C23H26F4N2O3. The van der Waals surface area contributed by atoms with Crippen molar-refractivity contribution in [1.29, 1.82) is 0 Å². The molecule has 1 aromatic carbocycles. The normalized spacial score (nSPS) is 12.4. The Morgan fingerprint density at radius 1 is 1.28 bits per heavy atom. The van der Waals surface area contributed by atoms with Gasteiger partial charge in [0, 0.05) is 23.4 Å². The summed E-state index contributed by atoms with van der Waals surface area (Å²) in [6, 6.07) is 5.09. The number of hydrogen-bond acceptors (Lipinski definition) is 5. The van der Waals surface area contributed by atoms with Gasteiger partial charge in [-0.25, -0.2) is 4.39 Å². The summed E-state index contributed by atoms with van der Waals surface area (Å²) in [5.74, 6) is -1.55. The molecule has 1 heterocycles. The molecule has 174 valence electrons. The largest absolute Gasteiger partial charge is 0.483 e. The summed E-state index contributed by atoms with van der Waals surface area (Å²) in [6.07, 6.45) is -1.54. The number of benzene rings is 1. The molecule has 0 saturated carbocycles. The van der Waals surface area contributed by atoms with Gasteiger partial charge in [-0.3, -0.25) is 9.78 Å². The van der Waals surface area contributed by atoms with Gasteiger partial charge in [0.15, 0.2) is 12.4 Å². The average Bonchev–Trinajstić information content (AvgIpc) is 2.66. The first kappa shape index (κ1) is 25.5. The molecule has 0 atom stereocenters. The number of ether oxygens (including phenoxy) is 1. The van der Waals surface area contributed by atoms with E-state index in [1.54, 1.807) is 27.8 Å². The second-order valence-electron chi connectivity index (χ2n) is 7.97. The highest BCUT2D eigenvalue weighted by Crippen LogP contribution is 2.36. The van der Waals surface area contributed by atoms with E-state index in [0.29, 0.717) is 11.3 Å². The minimum atomic E-state index is -4.61. The van der Waals surface area contributed by atoms with Crippen LogP contribution >= 0.6 is 0 Å². The van der Waals surface area contributed by atoms with Crippen molar-refractivity contribution < 1.29 is 32.2 Å². The number of nitrogens with one attached hydrogen (secondary N) is 1. The molecule has 0 fully saturated rings. The Kier molecular flexibility index (Phi) is 8.14. The van der Waals surface area contributed by atoms with Crippen LogP contribution < -0.4 is 10.1 Å². The topological polar surface area (TPSA) is 71.5 Å². The van der Waals surface area contributed by atoms with E-state index in [1.807, 2.05) is 0 Å². The van der Waals surface area contributed by atoms with Crippen molar-refractivity contribution in [2.75, 3.05) is 13.7 Å². The summed E-state index contributed by atoms with van der Waals surface area (Å²) >= 11 is 0. The number of halogens is 4. The van der Waals surface area contributed by atoms with Gasteiger partial charge in [-0.15, -0.1) is 0 Å². The van der Waals surface area contributed by atoms with Crippen molar-refractivity contribution in [2.24, 2.45) is 0 Å². The van der Waals surface area contributed by atoms with Crippen LogP contribution in [0, 0.1) is 12.7 Å². The van der Waals surface area contributed by atoms with Gasteiger partial charge in [0.25, 0.3) is 0 Å². The van der Waals surface area contributed by atoms with Crippen molar-refractivity contribution in [3.8, 4) is 17.0 Å². The average molecular weight is 454 g/mol. The minimum Gasteiger partial charge on any atom is -0.483 e. The fourth-order valence-corrected chi connectivity index (χ4v) is 3.04. The molecule has 0 bridgehead atoms. The molecule has 0 aliphatic heterocycles. The first-order valence-corrected chi connectivity index (χ1v) is 9.89. The third-order valence-electron chi connectivity index (χ3n) is 4.36. The van der Waals surface area contributed by atoms with Gasteiger partial charge >= 0.3 is 6.18 Å². The second kappa shape index (κ2) is 10.2. The van der Waals surface area contributed by atoms with Crippen LogP contribution in [0.5, 0.6) is 5.75 Å². The highest BCUT2D eigenvalue weighted by atomic mass is 19.4. The maximum Gasteiger partial charge on any atom is 0.422 e. The van der Waals surface area contributed by atoms with Crippen molar-refractivity contribution in [2.45, 2.75) is 45.5 Å². The molecule has 1 aromatic heterocycles. The predicted octanol–water partition coefficient (Wildman–Crippen LogP) is 4.76. The SMILES string of the molecule is CNCc1c(C(=O)/C=C\CC(C)(C)O)cc(C)nc1-c1c(F)cccc1OCC(F)(F)F. The van der Waals surface area contributed by atoms with E-state index < -0.39 is 30.0 Å². The number of aliphatic hydroxyl groups is 1. The molecule has 9 heteroatoms. The smallest absolute Gasteiger partial charge is 0.422 e. The van der Waals surface area contributed by atoms with Gasteiger partial charge < -0.3 is 15.2 Å². The van der Waals surface area contributed by atoms with Crippen LogP contribution in [0.2, 0.25) is 0 Å². The van der Waals surface area contributed by atoms with Gasteiger partial charge in [0.1, 0.15) is 11.6 Å². The second-order valence-corrected chi connectivity index (χ2v) is 7.97. The van der Waals surface area contributed by atoms with Crippen LogP contribution in [0.25, 0.3) is 11.3 Å². The maximum atomic E-state index is 14.8. The highest BCUT2D eigenvalue weighted by Gasteiger charge is 2.30. The molecular weight excluding hydrogens is 428 g/mol. The third kappa shape index (κ3) is 7.13. The Labute approximate surface area is 184 Å². The lowest BCUT2D eigenvalue weighted by molar-refractivity contribution is -0.153. The molecule has 2 rings (SSSR count). The van der Waals surface area contributed by atoms with Gasteiger partial charge in [0.05, 0.1) is 16.9 Å². The van der Waals surface area contributed by atoms with Crippen LogP contribution in [0.15, 0.2) is 36.4 Å². The number of hydrogen-bond donors (Lipinski definition) is 2. The van der Waals surface area contributed by atoms with Crippen LogP contribution in [0.1, 0.15) is 41.9 Å². The number of aromatic nitrogens is 1. The van der Waals surface area contributed by atoms with E-state index in [9.17, 15) is 27.5 Å². The number of ketones is 1. The lowest BCUT2D eigenvalue weighted by Gasteiger charge is -2.18. The molecule has 32 heavy (non-hydrogen) atoms. The Balaban J connectivity index is 2.62. The lowest BCUT2D eigenvalue weighted by atomic mass is 9.95. The molecule has 0 radical (unpaired) electrons. The fraction of sp³-hybridized carbons (Fsp3) is 0.391. The Bertz CT molecular complexity index is 996. The van der Waals surface area contributed by atoms with Crippen LogP contribution in [-0.2, 0) is 6.54 Å². The Hall–Kier alpha value is -2.78. The molecule has 0 saturated heterocycles. The van der Waals surface area contributed by atoms with E-state index in [2.05, 4.69) is 10.3 Å². The standard InChI is InChI=1S/C23H26F4N2O3/c1-14-11-15(18(30)8-6-10-22(2,3)31)16(12-28-4)21(29-14)20-17(24)7-5-9-19(20)32-13-23(25,26)27/h5-9,11,28,31H,10,12-13H2,1-4H3/b8-6-. The molecule has 5 nitrogen and oxygen atoms in total. The minimum absolute atomic E-state index is 0.0221. The molecule has 0 aliphatic carbocycles. The van der Waals surface area contributed by atoms with E-state index in [4.69, 9.17) is 4.74 Å². The maximum absolute atomic E-state index is 14.8. The monoisotopic (exact) mass is 454 g/mol. The molecule has 2 N–H and O–H groups in total. The lowest BCUT2D eigenvalue weighted by Crippen LogP contribution is -2.20. The molecule has 0 unspecified atom stereocenters. The summed E-state index contributed by atoms with van der Waals surface area (Å²) < 4.78 is 57.8. The zero-order chi connectivity index (χ0) is 24.1. The number of pyridine rings is 1. The van der Waals surface area contributed by atoms with Crippen molar-refractivity contribution in [3.05, 3.63) is 59.1 Å². The van der Waals surface area contributed by atoms with E-state index >= 15 is 0 Å². The fourth-order valence-electron chi connectivity index (χ4n) is 3.04. The molecule has 2 aromatic rings. The molecule has 0 amide bonds. The van der Waals surface area contributed by atoms with Crippen LogP contribution in [-0.4, -0.2) is 41.3 Å². The summed E-state index contributed by atoms with van der Waals surface area (Å²) in [5.41, 5.74) is -0.308. The van der Waals surface area contributed by atoms with E-state index in [1.165, 1.54) is 30.4 Å². The number of aryl methyl sites for hydroxylation is 1. The third-order valence-corrected chi connectivity index (χ3v) is 4.36. The number of alkyl halides is 3. The summed E-state index contributed by atoms with van der Waals surface area (Å²) in [5, 5.41) is 12.7. The number of rotatable bonds is 9. The first-order valence-electron chi connectivity index (χ1n) is 9.89. The number of nitrogens with zero attached hydrogens (tertiary/aromatic N) is 1. The summed E-state index contributed by atoms with van der Waals surface area (Å²) in [4.78, 5) is 17.2. The summed E-state index contributed by atoms with van der Waals surface area (Å²) in [7, 11) is 1.62. The Morgan fingerprint density at radius 2 is 1.97 bits per heavy atom. The van der Waals surface area contributed by atoms with Crippen molar-refractivity contribution in [1.82, 2.24) is 10.3 Å². The van der Waals surface area contributed by atoms with Crippen LogP contribution in [0.4, 0.5) is 17.6 Å². The number of allylic oxidation sites excluding steroid dienone is 1. The summed E-state index contributed by atoms with van der Waals surface area (Å²) in [6.45, 7) is 3.31. The number of carbonyl (C=O) groups is 1. The quantitative estimate of drug-likeness (QED) is 0.325. The first-order chi connectivity index (χ1) is 14.8. The van der Waals surface area contributed by atoms with E-state index in [-0.39, 0.29) is 35.5 Å². The van der Waals surface area contributed by atoms with Gasteiger partial charge in [-0.05, 0) is 58.5 Å². The van der Waals surface area contributed by atoms with Crippen LogP contribution in [0.3, 0.4) is 0 Å². The van der Waals surface area contributed by atoms with E-state index in [0.717, 1.165) is 6.07 Å². The van der Waals surface area contributed by atoms with Gasteiger partial charge in [0.2, 0.25) is 0 Å². The van der Waals surface area contributed by atoms with Crippen molar-refractivity contribution >= 4 is 5.78 Å².